The van der Waals surface area contributed by atoms with E-state index in [-0.39, 0.29) is 53.4 Å². The van der Waals surface area contributed by atoms with Crippen LogP contribution in [0.5, 0.6) is 11.6 Å². The number of methoxy groups -OCH3 is 1. The molecule has 1 aliphatic rings. The highest BCUT2D eigenvalue weighted by Gasteiger charge is 2.47. The molecule has 12 nitrogen and oxygen atoms in total. The lowest BCUT2D eigenvalue weighted by molar-refractivity contribution is -0.143. The number of aliphatic hydroxyl groups excluding tert-OH is 2. The molecule has 3 atom stereocenters. The van der Waals surface area contributed by atoms with Gasteiger partial charge in [-0.05, 0) is 56.5 Å². The van der Waals surface area contributed by atoms with E-state index in [0.717, 1.165) is 24.3 Å². The lowest BCUT2D eigenvalue weighted by Crippen LogP contribution is -2.61. The Kier molecular flexibility index (Phi) is 13.4. The summed E-state index contributed by atoms with van der Waals surface area (Å²) < 4.78 is 96.9. The zero-order chi connectivity index (χ0) is 37.4. The second-order valence-electron chi connectivity index (χ2n) is 11.1. The number of hydrogen-bond acceptors (Lipinski definition) is 10. The van der Waals surface area contributed by atoms with Gasteiger partial charge in [-0.1, -0.05) is 6.92 Å². The van der Waals surface area contributed by atoms with Crippen molar-refractivity contribution in [1.82, 2.24) is 15.0 Å². The number of fused-ring (bicyclic) bond motifs is 1. The number of nitrogens with zero attached hydrogens (tertiary/aromatic N) is 4. The van der Waals surface area contributed by atoms with Crippen LogP contribution in [0.2, 0.25) is 0 Å². The number of halogens is 6. The van der Waals surface area contributed by atoms with Gasteiger partial charge in [0.05, 0.1) is 54.0 Å². The Morgan fingerprint density at radius 1 is 1.06 bits per heavy atom. The summed E-state index contributed by atoms with van der Waals surface area (Å²) in [6.45, 7) is 6.14. The summed E-state index contributed by atoms with van der Waals surface area (Å²) in [6, 6.07) is 3.97. The topological polar surface area (TPSA) is 173 Å². The number of rotatable bonds is 11. The second-order valence-corrected chi connectivity index (χ2v) is 11.1. The first kappa shape index (κ1) is 40.2. The molecule has 1 aliphatic heterocycles. The van der Waals surface area contributed by atoms with Crippen molar-refractivity contribution in [3.05, 3.63) is 70.4 Å². The Labute approximate surface area is 283 Å². The molecule has 0 spiro atoms. The number of aliphatic hydroxyl groups is 2. The Morgan fingerprint density at radius 3 is 2.16 bits per heavy atom. The Morgan fingerprint density at radius 2 is 1.68 bits per heavy atom. The third-order valence-electron chi connectivity index (χ3n) is 7.69. The van der Waals surface area contributed by atoms with Crippen molar-refractivity contribution in [3.63, 3.8) is 0 Å². The molecule has 4 rings (SSSR count). The fraction of sp³-hybridized carbons (Fsp3) is 0.500. The first-order chi connectivity index (χ1) is 23.4. The summed E-state index contributed by atoms with van der Waals surface area (Å²) in [5.74, 6) is -1.00. The first-order valence-corrected chi connectivity index (χ1v) is 15.4. The smallest absolute Gasteiger partial charge is 0.416 e. The number of hydrogen-bond donors (Lipinski definition) is 4. The van der Waals surface area contributed by atoms with Crippen LogP contribution in [0.3, 0.4) is 0 Å². The highest BCUT2D eigenvalue weighted by atomic mass is 19.4. The highest BCUT2D eigenvalue weighted by molar-refractivity contribution is 5.89. The summed E-state index contributed by atoms with van der Waals surface area (Å²) in [6.07, 6.45) is -12.3. The van der Waals surface area contributed by atoms with Gasteiger partial charge in [0.25, 0.3) is 0 Å². The molecule has 50 heavy (non-hydrogen) atoms. The molecule has 2 aromatic heterocycles. The largest absolute Gasteiger partial charge is 0.487 e. The third-order valence-corrected chi connectivity index (χ3v) is 7.69. The predicted molar refractivity (Wildman–Crippen MR) is 167 cm³/mol. The number of anilines is 1. The fourth-order valence-corrected chi connectivity index (χ4v) is 5.19. The van der Waals surface area contributed by atoms with E-state index >= 15 is 0 Å². The maximum atomic E-state index is 13.6. The molecule has 0 fully saturated rings. The van der Waals surface area contributed by atoms with Gasteiger partial charge >= 0.3 is 18.4 Å². The van der Waals surface area contributed by atoms with Crippen molar-refractivity contribution >= 4 is 11.8 Å². The molecule has 0 saturated carbocycles. The summed E-state index contributed by atoms with van der Waals surface area (Å²) in [5.41, 5.74) is 1.73. The number of carboxylic acid groups (broad SMARTS) is 1. The number of benzene rings is 1. The molecular weight excluding hydrogens is 680 g/mol. The molecule has 0 saturated heterocycles. The van der Waals surface area contributed by atoms with Crippen LogP contribution in [0.25, 0.3) is 0 Å². The van der Waals surface area contributed by atoms with E-state index in [1.807, 2.05) is 13.8 Å². The second kappa shape index (κ2) is 16.6. The average Bonchev–Trinajstić information content (AvgIpc) is 3.06. The van der Waals surface area contributed by atoms with Gasteiger partial charge in [-0.25, -0.2) is 19.7 Å². The monoisotopic (exact) mass is 719 g/mol. The maximum absolute atomic E-state index is 13.6. The summed E-state index contributed by atoms with van der Waals surface area (Å²) in [5, 5.41) is 28.9. The van der Waals surface area contributed by atoms with E-state index in [2.05, 4.69) is 15.0 Å². The summed E-state index contributed by atoms with van der Waals surface area (Å²) in [4.78, 5) is 26.4. The minimum Gasteiger partial charge on any atom is -0.487 e. The van der Waals surface area contributed by atoms with Crippen LogP contribution in [-0.2, 0) is 23.5 Å². The van der Waals surface area contributed by atoms with Gasteiger partial charge in [0.15, 0.2) is 5.75 Å². The number of carbonyl (C=O) groups is 1. The van der Waals surface area contributed by atoms with E-state index in [1.54, 1.807) is 6.92 Å². The van der Waals surface area contributed by atoms with E-state index in [4.69, 9.17) is 25.1 Å². The molecule has 5 N–H and O–H groups in total. The van der Waals surface area contributed by atoms with Crippen LogP contribution in [0.15, 0.2) is 36.5 Å². The molecule has 1 unspecified atom stereocenters. The molecule has 0 aliphatic carbocycles. The SMILES string of the molecule is CCOCC.CC[C@]1(N)C[C@H](c2ncc(OCC(O)CO)c(Cc3cc(C(F)(F)F)cc(C(F)(F)F)c3)n2)c2nc(OC)ccc2N1C(=O)O. The van der Waals surface area contributed by atoms with Crippen molar-refractivity contribution < 1.29 is 60.7 Å². The fourth-order valence-electron chi connectivity index (χ4n) is 5.19. The predicted octanol–water partition coefficient (Wildman–Crippen LogP) is 5.37. The van der Waals surface area contributed by atoms with Gasteiger partial charge in [0.2, 0.25) is 5.88 Å². The quantitative estimate of drug-likeness (QED) is 0.188. The van der Waals surface area contributed by atoms with Crippen LogP contribution in [0, 0.1) is 0 Å². The standard InChI is InChI=1S/C28H29F6N5O6.C4H10O/c1-3-26(35)10-18(23-20(39(26)25(42)43)4-5-22(38-23)44-2)24-36-11-21(45-13-17(41)12-40)19(37-24)8-14-6-15(27(29,30)31)9-16(7-14)28(32,33)34;1-3-5-4-2/h4-7,9,11,17-18,40-41H,3,8,10,12-13,35H2,1-2H3,(H,42,43);3-4H2,1-2H3/t17?,18-,26+;/m0./s1. The van der Waals surface area contributed by atoms with E-state index in [0.29, 0.717) is 12.1 Å². The van der Waals surface area contributed by atoms with Gasteiger partial charge < -0.3 is 35.3 Å². The molecule has 3 aromatic rings. The summed E-state index contributed by atoms with van der Waals surface area (Å²) in [7, 11) is 1.34. The number of alkyl halides is 6. The zero-order valence-corrected chi connectivity index (χ0v) is 27.7. The summed E-state index contributed by atoms with van der Waals surface area (Å²) >= 11 is 0. The minimum absolute atomic E-state index is 0.00171. The number of ether oxygens (including phenoxy) is 3. The molecule has 276 valence electrons. The Bertz CT molecular complexity index is 1580. The van der Waals surface area contributed by atoms with Crippen LogP contribution >= 0.6 is 0 Å². The van der Waals surface area contributed by atoms with Crippen molar-refractivity contribution in [2.75, 3.05) is 38.4 Å². The van der Waals surface area contributed by atoms with Crippen LogP contribution in [0.1, 0.15) is 73.4 Å². The molecule has 0 radical (unpaired) electrons. The normalized spacial score (nSPS) is 18.1. The van der Waals surface area contributed by atoms with Crippen molar-refractivity contribution in [1.29, 1.82) is 0 Å². The van der Waals surface area contributed by atoms with Crippen LogP contribution in [-0.4, -0.2) is 81.7 Å². The van der Waals surface area contributed by atoms with Crippen LogP contribution < -0.4 is 20.1 Å². The van der Waals surface area contributed by atoms with Gasteiger partial charge in [-0.15, -0.1) is 0 Å². The van der Waals surface area contributed by atoms with E-state index in [1.165, 1.54) is 19.2 Å². The zero-order valence-electron chi connectivity index (χ0n) is 27.7. The van der Waals surface area contributed by atoms with Gasteiger partial charge in [-0.2, -0.15) is 26.3 Å². The van der Waals surface area contributed by atoms with E-state index < -0.39 is 72.5 Å². The average molecular weight is 720 g/mol. The Hall–Kier alpha value is -4.26. The lowest BCUT2D eigenvalue weighted by Gasteiger charge is -2.45. The number of aromatic nitrogens is 3. The number of pyridine rings is 1. The number of amides is 1. The van der Waals surface area contributed by atoms with Gasteiger partial charge in [0, 0.05) is 25.7 Å². The van der Waals surface area contributed by atoms with Crippen LogP contribution in [0.4, 0.5) is 36.8 Å². The first-order valence-electron chi connectivity index (χ1n) is 15.4. The molecule has 0 bridgehead atoms. The minimum atomic E-state index is -5.09. The van der Waals surface area contributed by atoms with E-state index in [9.17, 15) is 41.4 Å². The lowest BCUT2D eigenvalue weighted by atomic mass is 9.83. The molecule has 3 heterocycles. The molecule has 18 heteroatoms. The Balaban J connectivity index is 0.00000126. The third kappa shape index (κ3) is 9.70. The maximum Gasteiger partial charge on any atom is 0.416 e. The van der Waals surface area contributed by atoms with Gasteiger partial charge in [0.1, 0.15) is 24.2 Å². The number of nitrogens with two attached hydrogens (primary N) is 1. The van der Waals surface area contributed by atoms with Crippen molar-refractivity contribution in [3.8, 4) is 11.6 Å². The van der Waals surface area contributed by atoms with Crippen molar-refractivity contribution in [2.45, 2.75) is 70.1 Å². The molecule has 1 amide bonds. The molecular formula is C32H39F6N5O7. The molecule has 1 aromatic carbocycles. The van der Waals surface area contributed by atoms with Crippen molar-refractivity contribution in [2.24, 2.45) is 5.73 Å². The highest BCUT2D eigenvalue weighted by Crippen LogP contribution is 2.45. The van der Waals surface area contributed by atoms with Gasteiger partial charge in [-0.3, -0.25) is 4.90 Å².